The van der Waals surface area contributed by atoms with E-state index in [0.29, 0.717) is 0 Å². The zero-order valence-electron chi connectivity index (χ0n) is 10.6. The standard InChI is InChI=1S/C11H19F3N2O2/c1-3-18-10(17)9(15-2)6-16(8-4-5-8)7-11(12,13)14/h8-9,15H,3-7H2,1-2H3. The molecule has 0 spiro atoms. The number of carbonyl (C=O) groups is 1. The second-order valence-corrected chi connectivity index (χ2v) is 4.37. The maximum atomic E-state index is 12.4. The third-order valence-electron chi connectivity index (χ3n) is 2.78. The van der Waals surface area contributed by atoms with Gasteiger partial charge >= 0.3 is 12.1 Å². The molecule has 1 unspecified atom stereocenters. The molecule has 106 valence electrons. The maximum absolute atomic E-state index is 12.4. The predicted molar refractivity (Wildman–Crippen MR) is 60.1 cm³/mol. The van der Waals surface area contributed by atoms with Crippen molar-refractivity contribution < 1.29 is 22.7 Å². The van der Waals surface area contributed by atoms with Crippen LogP contribution in [0.4, 0.5) is 13.2 Å². The Balaban J connectivity index is 2.55. The maximum Gasteiger partial charge on any atom is 0.401 e. The lowest BCUT2D eigenvalue weighted by Gasteiger charge is -2.27. The first-order chi connectivity index (χ1) is 8.37. The van der Waals surface area contributed by atoms with Crippen LogP contribution < -0.4 is 5.32 Å². The van der Waals surface area contributed by atoms with Crippen LogP contribution in [0.2, 0.25) is 0 Å². The van der Waals surface area contributed by atoms with E-state index < -0.39 is 24.7 Å². The number of ether oxygens (including phenoxy) is 1. The molecule has 18 heavy (non-hydrogen) atoms. The molecule has 0 radical (unpaired) electrons. The Kier molecular flexibility index (Phi) is 5.40. The average Bonchev–Trinajstić information content (AvgIpc) is 3.06. The smallest absolute Gasteiger partial charge is 0.401 e. The molecular formula is C11H19F3N2O2. The Morgan fingerprint density at radius 1 is 1.50 bits per heavy atom. The summed E-state index contributed by atoms with van der Waals surface area (Å²) in [7, 11) is 1.54. The summed E-state index contributed by atoms with van der Waals surface area (Å²) in [5, 5.41) is 2.70. The molecule has 1 N–H and O–H groups in total. The highest BCUT2D eigenvalue weighted by Gasteiger charge is 2.39. The summed E-state index contributed by atoms with van der Waals surface area (Å²) in [4.78, 5) is 12.8. The van der Waals surface area contributed by atoms with Crippen molar-refractivity contribution in [1.29, 1.82) is 0 Å². The number of nitrogens with one attached hydrogen (secondary N) is 1. The lowest BCUT2D eigenvalue weighted by molar-refractivity contribution is -0.154. The summed E-state index contributed by atoms with van der Waals surface area (Å²) in [6.45, 7) is 0.938. The van der Waals surface area contributed by atoms with Gasteiger partial charge in [-0.25, -0.2) is 0 Å². The van der Waals surface area contributed by atoms with E-state index in [0.717, 1.165) is 12.8 Å². The Bertz CT molecular complexity index is 280. The molecule has 4 nitrogen and oxygen atoms in total. The zero-order chi connectivity index (χ0) is 13.8. The van der Waals surface area contributed by atoms with Gasteiger partial charge in [-0.2, -0.15) is 13.2 Å². The lowest BCUT2D eigenvalue weighted by atomic mass is 10.2. The first-order valence-electron chi connectivity index (χ1n) is 6.02. The van der Waals surface area contributed by atoms with E-state index in [9.17, 15) is 18.0 Å². The molecule has 1 fully saturated rings. The lowest BCUT2D eigenvalue weighted by Crippen LogP contribution is -2.48. The summed E-state index contributed by atoms with van der Waals surface area (Å²) in [5.41, 5.74) is 0. The fourth-order valence-corrected chi connectivity index (χ4v) is 1.77. The summed E-state index contributed by atoms with van der Waals surface area (Å²) in [6, 6.07) is -0.773. The first kappa shape index (κ1) is 15.2. The van der Waals surface area contributed by atoms with Crippen LogP contribution in [0.1, 0.15) is 19.8 Å². The van der Waals surface area contributed by atoms with Gasteiger partial charge in [0, 0.05) is 12.6 Å². The van der Waals surface area contributed by atoms with Gasteiger partial charge in [0.25, 0.3) is 0 Å². The van der Waals surface area contributed by atoms with Crippen LogP contribution in [-0.2, 0) is 9.53 Å². The minimum atomic E-state index is -4.24. The van der Waals surface area contributed by atoms with Crippen molar-refractivity contribution in [2.24, 2.45) is 0 Å². The molecule has 1 aliphatic carbocycles. The molecule has 7 heteroatoms. The van der Waals surface area contributed by atoms with Gasteiger partial charge in [0.05, 0.1) is 13.2 Å². The molecule has 1 rings (SSSR count). The minimum Gasteiger partial charge on any atom is -0.465 e. The van der Waals surface area contributed by atoms with Crippen molar-refractivity contribution in [3.05, 3.63) is 0 Å². The number of nitrogens with zero attached hydrogens (tertiary/aromatic N) is 1. The molecule has 0 aromatic heterocycles. The molecule has 1 atom stereocenters. The van der Waals surface area contributed by atoms with Crippen molar-refractivity contribution in [2.75, 3.05) is 26.7 Å². The highest BCUT2D eigenvalue weighted by molar-refractivity contribution is 5.76. The fourth-order valence-electron chi connectivity index (χ4n) is 1.77. The van der Waals surface area contributed by atoms with E-state index >= 15 is 0 Å². The number of halogens is 3. The van der Waals surface area contributed by atoms with Crippen LogP contribution in [0, 0.1) is 0 Å². The quantitative estimate of drug-likeness (QED) is 0.704. The van der Waals surface area contributed by atoms with Crippen LogP contribution in [0.15, 0.2) is 0 Å². The topological polar surface area (TPSA) is 41.6 Å². The molecular weight excluding hydrogens is 249 g/mol. The summed E-state index contributed by atoms with van der Waals surface area (Å²) in [6.07, 6.45) is -2.72. The summed E-state index contributed by atoms with van der Waals surface area (Å²) >= 11 is 0. The van der Waals surface area contributed by atoms with E-state index in [-0.39, 0.29) is 19.2 Å². The van der Waals surface area contributed by atoms with Crippen molar-refractivity contribution >= 4 is 5.97 Å². The van der Waals surface area contributed by atoms with Crippen LogP contribution in [0.3, 0.4) is 0 Å². The first-order valence-corrected chi connectivity index (χ1v) is 6.02. The van der Waals surface area contributed by atoms with Gasteiger partial charge in [-0.05, 0) is 26.8 Å². The predicted octanol–water partition coefficient (Wildman–Crippen LogP) is 1.16. The number of esters is 1. The van der Waals surface area contributed by atoms with Crippen molar-refractivity contribution in [2.45, 2.75) is 38.0 Å². The Morgan fingerprint density at radius 3 is 2.50 bits per heavy atom. The van der Waals surface area contributed by atoms with Gasteiger partial charge in [0.15, 0.2) is 0 Å². The Labute approximate surface area is 104 Å². The second kappa shape index (κ2) is 6.38. The molecule has 0 heterocycles. The van der Waals surface area contributed by atoms with Crippen molar-refractivity contribution in [3.8, 4) is 0 Å². The number of hydrogen-bond acceptors (Lipinski definition) is 4. The SMILES string of the molecule is CCOC(=O)C(CN(CC(F)(F)F)C1CC1)NC. The fraction of sp³-hybridized carbons (Fsp3) is 0.909. The van der Waals surface area contributed by atoms with Gasteiger partial charge in [-0.3, -0.25) is 9.69 Å². The number of rotatable bonds is 7. The van der Waals surface area contributed by atoms with Gasteiger partial charge in [-0.15, -0.1) is 0 Å². The van der Waals surface area contributed by atoms with E-state index in [2.05, 4.69) is 5.32 Å². The monoisotopic (exact) mass is 268 g/mol. The van der Waals surface area contributed by atoms with Gasteiger partial charge in [0.2, 0.25) is 0 Å². The van der Waals surface area contributed by atoms with Crippen molar-refractivity contribution in [1.82, 2.24) is 10.2 Å². The van der Waals surface area contributed by atoms with Crippen LogP contribution in [-0.4, -0.2) is 55.9 Å². The third kappa shape index (κ3) is 5.22. The number of hydrogen-bond donors (Lipinski definition) is 1. The molecule has 1 aliphatic rings. The number of likely N-dealkylation sites (N-methyl/N-ethyl adjacent to an activating group) is 1. The molecule has 1 saturated carbocycles. The van der Waals surface area contributed by atoms with Crippen LogP contribution >= 0.6 is 0 Å². The summed E-state index contributed by atoms with van der Waals surface area (Å²) in [5.74, 6) is -0.507. The Hall–Kier alpha value is -0.820. The third-order valence-corrected chi connectivity index (χ3v) is 2.78. The zero-order valence-corrected chi connectivity index (χ0v) is 10.6. The van der Waals surface area contributed by atoms with E-state index in [1.165, 1.54) is 4.90 Å². The molecule has 0 saturated heterocycles. The average molecular weight is 268 g/mol. The molecule has 0 amide bonds. The number of carbonyl (C=O) groups excluding carboxylic acids is 1. The highest BCUT2D eigenvalue weighted by Crippen LogP contribution is 2.30. The van der Waals surface area contributed by atoms with Gasteiger partial charge < -0.3 is 10.1 Å². The van der Waals surface area contributed by atoms with E-state index in [1.807, 2.05) is 0 Å². The van der Waals surface area contributed by atoms with Gasteiger partial charge in [0.1, 0.15) is 6.04 Å². The summed E-state index contributed by atoms with van der Waals surface area (Å²) < 4.78 is 42.1. The van der Waals surface area contributed by atoms with E-state index in [1.54, 1.807) is 14.0 Å². The highest BCUT2D eigenvalue weighted by atomic mass is 19.4. The second-order valence-electron chi connectivity index (χ2n) is 4.37. The normalized spacial score (nSPS) is 17.9. The van der Waals surface area contributed by atoms with Crippen molar-refractivity contribution in [3.63, 3.8) is 0 Å². The van der Waals surface area contributed by atoms with Crippen LogP contribution in [0.5, 0.6) is 0 Å². The number of alkyl halides is 3. The largest absolute Gasteiger partial charge is 0.465 e. The van der Waals surface area contributed by atoms with Crippen LogP contribution in [0.25, 0.3) is 0 Å². The van der Waals surface area contributed by atoms with Gasteiger partial charge in [-0.1, -0.05) is 0 Å². The molecule has 0 aromatic carbocycles. The minimum absolute atomic E-state index is 0.0273. The Morgan fingerprint density at radius 2 is 2.11 bits per heavy atom. The van der Waals surface area contributed by atoms with E-state index in [4.69, 9.17) is 4.74 Å². The molecule has 0 aliphatic heterocycles. The molecule has 0 bridgehead atoms. The molecule has 0 aromatic rings.